The molecule has 1 heterocycles. The fraction of sp³-hybridized carbons (Fsp3) is 0.333. The van der Waals surface area contributed by atoms with E-state index in [9.17, 15) is 0 Å². The van der Waals surface area contributed by atoms with E-state index in [1.807, 2.05) is 5.01 Å². The van der Waals surface area contributed by atoms with Gasteiger partial charge in [0.15, 0.2) is 0 Å². The van der Waals surface area contributed by atoms with Gasteiger partial charge in [-0.3, -0.25) is 5.84 Å². The van der Waals surface area contributed by atoms with Crippen LogP contribution < -0.4 is 5.84 Å². The molecule has 2 nitrogen and oxygen atoms in total. The van der Waals surface area contributed by atoms with E-state index >= 15 is 0 Å². The Balaban J connectivity index is 2.25. The summed E-state index contributed by atoms with van der Waals surface area (Å²) in [6.07, 6.45) is 12.8. The van der Waals surface area contributed by atoms with E-state index in [1.54, 1.807) is 0 Å². The normalized spacial score (nSPS) is 35.7. The molecule has 2 aliphatic rings. The van der Waals surface area contributed by atoms with Crippen LogP contribution in [0.5, 0.6) is 0 Å². The van der Waals surface area contributed by atoms with Gasteiger partial charge in [-0.05, 0) is 0 Å². The SMILES string of the molecule is NN1CC=CC2C=CC=CC21. The van der Waals surface area contributed by atoms with Crippen LogP contribution in [0.2, 0.25) is 0 Å². The van der Waals surface area contributed by atoms with Crippen molar-refractivity contribution in [1.82, 2.24) is 5.01 Å². The highest BCUT2D eigenvalue weighted by Gasteiger charge is 2.22. The monoisotopic (exact) mass is 148 g/mol. The smallest absolute Gasteiger partial charge is 0.0525 e. The average Bonchev–Trinajstić information content (AvgIpc) is 2.06. The van der Waals surface area contributed by atoms with Crippen LogP contribution in [-0.4, -0.2) is 17.6 Å². The largest absolute Gasteiger partial charge is 0.268 e. The highest BCUT2D eigenvalue weighted by molar-refractivity contribution is 5.23. The molecule has 11 heavy (non-hydrogen) atoms. The highest BCUT2D eigenvalue weighted by atomic mass is 15.4. The third-order valence-electron chi connectivity index (χ3n) is 2.20. The van der Waals surface area contributed by atoms with Crippen LogP contribution in [0.3, 0.4) is 0 Å². The second-order valence-electron chi connectivity index (χ2n) is 2.96. The molecule has 1 aliphatic heterocycles. The standard InChI is InChI=1S/C9H12N2/c10-11-7-3-5-8-4-1-2-6-9(8)11/h1-6,8-9H,7,10H2. The van der Waals surface area contributed by atoms with Crippen molar-refractivity contribution in [3.05, 3.63) is 36.5 Å². The Bertz CT molecular complexity index is 228. The molecular formula is C9H12N2. The molecule has 2 N–H and O–H groups in total. The number of nitrogens with zero attached hydrogens (tertiary/aromatic N) is 1. The van der Waals surface area contributed by atoms with E-state index in [1.165, 1.54) is 0 Å². The predicted molar refractivity (Wildman–Crippen MR) is 45.6 cm³/mol. The van der Waals surface area contributed by atoms with Crippen LogP contribution >= 0.6 is 0 Å². The maximum absolute atomic E-state index is 5.79. The zero-order valence-corrected chi connectivity index (χ0v) is 6.35. The molecule has 0 bridgehead atoms. The van der Waals surface area contributed by atoms with Crippen molar-refractivity contribution in [2.75, 3.05) is 6.54 Å². The molecule has 0 aromatic heterocycles. The van der Waals surface area contributed by atoms with E-state index in [4.69, 9.17) is 5.84 Å². The van der Waals surface area contributed by atoms with Gasteiger partial charge in [0.25, 0.3) is 0 Å². The Morgan fingerprint density at radius 1 is 1.18 bits per heavy atom. The molecule has 0 saturated heterocycles. The number of hydrazine groups is 1. The molecule has 0 radical (unpaired) electrons. The molecule has 0 fully saturated rings. The highest BCUT2D eigenvalue weighted by Crippen LogP contribution is 2.20. The van der Waals surface area contributed by atoms with E-state index in [0.29, 0.717) is 12.0 Å². The summed E-state index contributed by atoms with van der Waals surface area (Å²) in [4.78, 5) is 0. The molecule has 58 valence electrons. The Morgan fingerprint density at radius 2 is 2.00 bits per heavy atom. The van der Waals surface area contributed by atoms with Crippen LogP contribution in [0.4, 0.5) is 0 Å². The Hall–Kier alpha value is -0.860. The number of rotatable bonds is 0. The third kappa shape index (κ3) is 1.15. The second kappa shape index (κ2) is 2.64. The average molecular weight is 148 g/mol. The first-order chi connectivity index (χ1) is 5.38. The van der Waals surface area contributed by atoms with E-state index in [-0.39, 0.29) is 0 Å². The van der Waals surface area contributed by atoms with Crippen molar-refractivity contribution in [2.24, 2.45) is 11.8 Å². The van der Waals surface area contributed by atoms with Gasteiger partial charge in [0, 0.05) is 12.5 Å². The van der Waals surface area contributed by atoms with Gasteiger partial charge in [-0.15, -0.1) is 0 Å². The molecule has 0 aromatic rings. The van der Waals surface area contributed by atoms with Crippen molar-refractivity contribution in [3.8, 4) is 0 Å². The summed E-state index contributed by atoms with van der Waals surface area (Å²) in [6.45, 7) is 0.860. The summed E-state index contributed by atoms with van der Waals surface area (Å²) in [5.74, 6) is 6.27. The summed E-state index contributed by atoms with van der Waals surface area (Å²) in [5, 5.41) is 1.87. The second-order valence-corrected chi connectivity index (χ2v) is 2.96. The summed E-state index contributed by atoms with van der Waals surface area (Å²) in [7, 11) is 0. The van der Waals surface area contributed by atoms with Crippen molar-refractivity contribution in [3.63, 3.8) is 0 Å². The van der Waals surface area contributed by atoms with Gasteiger partial charge in [-0.1, -0.05) is 36.5 Å². The lowest BCUT2D eigenvalue weighted by Gasteiger charge is -2.32. The van der Waals surface area contributed by atoms with Crippen molar-refractivity contribution in [1.29, 1.82) is 0 Å². The van der Waals surface area contributed by atoms with Crippen LogP contribution in [0.1, 0.15) is 0 Å². The number of nitrogens with two attached hydrogens (primary N) is 1. The first-order valence-electron chi connectivity index (χ1n) is 3.91. The minimum Gasteiger partial charge on any atom is -0.268 e. The van der Waals surface area contributed by atoms with Gasteiger partial charge in [0.2, 0.25) is 0 Å². The first-order valence-corrected chi connectivity index (χ1v) is 3.91. The van der Waals surface area contributed by atoms with Crippen LogP contribution in [0.25, 0.3) is 0 Å². The molecule has 2 heteroatoms. The lowest BCUT2D eigenvalue weighted by Crippen LogP contribution is -2.46. The Labute approximate surface area is 66.6 Å². The van der Waals surface area contributed by atoms with E-state index < -0.39 is 0 Å². The van der Waals surface area contributed by atoms with Crippen LogP contribution in [-0.2, 0) is 0 Å². The number of hydrogen-bond acceptors (Lipinski definition) is 2. The quantitative estimate of drug-likeness (QED) is 0.407. The first kappa shape index (κ1) is 6.83. The summed E-state index contributed by atoms with van der Waals surface area (Å²) in [6, 6.07) is 0.380. The lowest BCUT2D eigenvalue weighted by atomic mass is 9.92. The van der Waals surface area contributed by atoms with Crippen molar-refractivity contribution >= 4 is 0 Å². The molecule has 2 atom stereocenters. The summed E-state index contributed by atoms with van der Waals surface area (Å²) >= 11 is 0. The molecule has 0 saturated carbocycles. The van der Waals surface area contributed by atoms with Crippen LogP contribution in [0.15, 0.2) is 36.5 Å². The number of hydrogen-bond donors (Lipinski definition) is 1. The summed E-state index contributed by atoms with van der Waals surface area (Å²) < 4.78 is 0. The van der Waals surface area contributed by atoms with Gasteiger partial charge in [0.1, 0.15) is 0 Å². The minimum atomic E-state index is 0.380. The lowest BCUT2D eigenvalue weighted by molar-refractivity contribution is 0.224. The maximum Gasteiger partial charge on any atom is 0.0525 e. The fourth-order valence-electron chi connectivity index (χ4n) is 1.58. The molecule has 0 amide bonds. The van der Waals surface area contributed by atoms with Gasteiger partial charge in [-0.25, -0.2) is 5.01 Å². The van der Waals surface area contributed by atoms with Gasteiger partial charge >= 0.3 is 0 Å². The molecule has 1 aliphatic carbocycles. The predicted octanol–water partition coefficient (Wildman–Crippen LogP) is 0.843. The van der Waals surface area contributed by atoms with Crippen molar-refractivity contribution < 1.29 is 0 Å². The number of allylic oxidation sites excluding steroid dienone is 2. The van der Waals surface area contributed by atoms with Gasteiger partial charge in [-0.2, -0.15) is 0 Å². The molecule has 2 rings (SSSR count). The molecule has 0 aromatic carbocycles. The van der Waals surface area contributed by atoms with E-state index in [0.717, 1.165) is 6.54 Å². The maximum atomic E-state index is 5.79. The Morgan fingerprint density at radius 3 is 2.82 bits per heavy atom. The Kier molecular flexibility index (Phi) is 1.64. The van der Waals surface area contributed by atoms with Gasteiger partial charge < -0.3 is 0 Å². The summed E-state index contributed by atoms with van der Waals surface area (Å²) in [5.41, 5.74) is 0. The van der Waals surface area contributed by atoms with E-state index in [2.05, 4.69) is 36.5 Å². The molecule has 0 spiro atoms. The molecular weight excluding hydrogens is 136 g/mol. The van der Waals surface area contributed by atoms with Crippen molar-refractivity contribution in [2.45, 2.75) is 6.04 Å². The zero-order chi connectivity index (χ0) is 7.68. The third-order valence-corrected chi connectivity index (χ3v) is 2.20. The topological polar surface area (TPSA) is 29.3 Å². The van der Waals surface area contributed by atoms with Gasteiger partial charge in [0.05, 0.1) is 6.04 Å². The van der Waals surface area contributed by atoms with Crippen LogP contribution in [0, 0.1) is 5.92 Å². The fourth-order valence-corrected chi connectivity index (χ4v) is 1.58. The zero-order valence-electron chi connectivity index (χ0n) is 6.35. The molecule has 2 unspecified atom stereocenters. The minimum absolute atomic E-state index is 0.380. The number of fused-ring (bicyclic) bond motifs is 1.